The van der Waals surface area contributed by atoms with Gasteiger partial charge in [0.05, 0.1) is 12.6 Å². The van der Waals surface area contributed by atoms with Crippen LogP contribution in [0.25, 0.3) is 0 Å². The zero-order chi connectivity index (χ0) is 12.9. The third kappa shape index (κ3) is 4.79. The fourth-order valence-electron chi connectivity index (χ4n) is 2.29. The van der Waals surface area contributed by atoms with Crippen molar-refractivity contribution >= 4 is 5.91 Å². The first-order chi connectivity index (χ1) is 7.94. The highest BCUT2D eigenvalue weighted by molar-refractivity contribution is 5.81. The van der Waals surface area contributed by atoms with Crippen molar-refractivity contribution < 1.29 is 4.79 Å². The molecule has 0 aromatic rings. The van der Waals surface area contributed by atoms with Crippen LogP contribution in [0, 0.1) is 17.8 Å². The van der Waals surface area contributed by atoms with E-state index in [1.54, 1.807) is 0 Å². The molecule has 0 radical (unpaired) electrons. The third-order valence-corrected chi connectivity index (χ3v) is 3.58. The molecule has 96 valence electrons. The van der Waals surface area contributed by atoms with E-state index < -0.39 is 0 Å². The van der Waals surface area contributed by atoms with Gasteiger partial charge in [0.15, 0.2) is 0 Å². The van der Waals surface area contributed by atoms with Gasteiger partial charge in [-0.2, -0.15) is 0 Å². The van der Waals surface area contributed by atoms with Crippen LogP contribution < -0.4 is 10.6 Å². The molecule has 1 atom stereocenters. The molecule has 1 amide bonds. The molecule has 2 N–H and O–H groups in total. The number of amides is 1. The summed E-state index contributed by atoms with van der Waals surface area (Å²) in [6, 6.07) is 0.309. The smallest absolute Gasteiger partial charge is 0.237 e. The minimum Gasteiger partial charge on any atom is -0.344 e. The highest BCUT2D eigenvalue weighted by Gasteiger charge is 2.28. The van der Waals surface area contributed by atoms with E-state index >= 15 is 0 Å². The lowest BCUT2D eigenvalue weighted by molar-refractivity contribution is -0.122. The second-order valence-corrected chi connectivity index (χ2v) is 5.75. The predicted molar refractivity (Wildman–Crippen MR) is 70.5 cm³/mol. The van der Waals surface area contributed by atoms with Crippen LogP contribution in [0.4, 0.5) is 0 Å². The lowest BCUT2D eigenvalue weighted by atomic mass is 9.75. The summed E-state index contributed by atoms with van der Waals surface area (Å²) in [6.07, 6.45) is 9.86. The number of rotatable bonds is 4. The van der Waals surface area contributed by atoms with Gasteiger partial charge >= 0.3 is 0 Å². The summed E-state index contributed by atoms with van der Waals surface area (Å²) >= 11 is 0. The first-order valence-electron chi connectivity index (χ1n) is 6.42. The molecular formula is C14H24N2O. The van der Waals surface area contributed by atoms with Gasteiger partial charge in [-0.25, -0.2) is 0 Å². The van der Waals surface area contributed by atoms with Crippen molar-refractivity contribution in [2.45, 2.75) is 58.5 Å². The van der Waals surface area contributed by atoms with Crippen LogP contribution in [-0.2, 0) is 4.79 Å². The molecule has 0 aromatic heterocycles. The highest BCUT2D eigenvalue weighted by Crippen LogP contribution is 2.35. The van der Waals surface area contributed by atoms with E-state index in [4.69, 9.17) is 6.42 Å². The summed E-state index contributed by atoms with van der Waals surface area (Å²) < 4.78 is 0. The molecule has 17 heavy (non-hydrogen) atoms. The van der Waals surface area contributed by atoms with Crippen molar-refractivity contribution in [3.05, 3.63) is 0 Å². The van der Waals surface area contributed by atoms with Gasteiger partial charge in [0, 0.05) is 6.04 Å². The fourth-order valence-corrected chi connectivity index (χ4v) is 2.29. The molecule has 1 rings (SSSR count). The van der Waals surface area contributed by atoms with Crippen molar-refractivity contribution in [1.82, 2.24) is 10.6 Å². The zero-order valence-corrected chi connectivity index (χ0v) is 11.2. The Hall–Kier alpha value is -1.01. The van der Waals surface area contributed by atoms with Crippen molar-refractivity contribution in [2.24, 2.45) is 5.41 Å². The molecular weight excluding hydrogens is 212 g/mol. The Labute approximate surface area is 105 Å². The van der Waals surface area contributed by atoms with E-state index in [1.807, 2.05) is 6.92 Å². The standard InChI is InChI=1S/C14H24N2O/c1-5-10-15-13(17)11(2)16-12-6-8-14(3,4)9-7-12/h1,11-12,16H,6-10H2,2-4H3,(H,15,17). The Kier molecular flexibility index (Phi) is 5.02. The molecule has 0 spiro atoms. The van der Waals surface area contributed by atoms with E-state index in [0.29, 0.717) is 18.0 Å². The van der Waals surface area contributed by atoms with Crippen LogP contribution >= 0.6 is 0 Å². The monoisotopic (exact) mass is 236 g/mol. The minimum absolute atomic E-state index is 0.00668. The first-order valence-corrected chi connectivity index (χ1v) is 6.42. The Morgan fingerprint density at radius 2 is 2.06 bits per heavy atom. The second-order valence-electron chi connectivity index (χ2n) is 5.75. The fraction of sp³-hybridized carbons (Fsp3) is 0.786. The van der Waals surface area contributed by atoms with Crippen molar-refractivity contribution in [1.29, 1.82) is 0 Å². The lowest BCUT2D eigenvalue weighted by Gasteiger charge is -2.35. The molecule has 0 aromatic carbocycles. The Balaban J connectivity index is 2.30. The molecule has 1 unspecified atom stereocenters. The van der Waals surface area contributed by atoms with Crippen LogP contribution in [0.2, 0.25) is 0 Å². The number of nitrogens with one attached hydrogen (secondary N) is 2. The van der Waals surface area contributed by atoms with E-state index in [1.165, 1.54) is 12.8 Å². The molecule has 1 fully saturated rings. The normalized spacial score (nSPS) is 21.5. The van der Waals surface area contributed by atoms with Gasteiger partial charge in [0.25, 0.3) is 0 Å². The van der Waals surface area contributed by atoms with E-state index in [2.05, 4.69) is 30.4 Å². The van der Waals surface area contributed by atoms with E-state index in [0.717, 1.165) is 12.8 Å². The summed E-state index contributed by atoms with van der Waals surface area (Å²) in [4.78, 5) is 11.6. The summed E-state index contributed by atoms with van der Waals surface area (Å²) in [7, 11) is 0. The van der Waals surface area contributed by atoms with Crippen LogP contribution in [0.3, 0.4) is 0 Å². The van der Waals surface area contributed by atoms with Crippen LogP contribution in [0.15, 0.2) is 0 Å². The zero-order valence-electron chi connectivity index (χ0n) is 11.2. The van der Waals surface area contributed by atoms with Crippen LogP contribution in [0.1, 0.15) is 46.5 Å². The molecule has 1 saturated carbocycles. The summed E-state index contributed by atoms with van der Waals surface area (Å²) in [5, 5.41) is 6.08. The molecule has 1 aliphatic carbocycles. The molecule has 0 bridgehead atoms. The first kappa shape index (κ1) is 14.1. The topological polar surface area (TPSA) is 41.1 Å². The number of terminal acetylenes is 1. The van der Waals surface area contributed by atoms with Gasteiger partial charge < -0.3 is 10.6 Å². The average Bonchev–Trinajstić information content (AvgIpc) is 2.28. The molecule has 0 heterocycles. The van der Waals surface area contributed by atoms with E-state index in [-0.39, 0.29) is 11.9 Å². The summed E-state index contributed by atoms with van der Waals surface area (Å²) in [5.41, 5.74) is 0.465. The minimum atomic E-state index is -0.158. The molecule has 0 aliphatic heterocycles. The highest BCUT2D eigenvalue weighted by atomic mass is 16.2. The number of carbonyl (C=O) groups is 1. The maximum absolute atomic E-state index is 11.6. The van der Waals surface area contributed by atoms with Gasteiger partial charge in [-0.15, -0.1) is 6.42 Å². The van der Waals surface area contributed by atoms with Crippen LogP contribution in [-0.4, -0.2) is 24.5 Å². The molecule has 3 nitrogen and oxygen atoms in total. The maximum Gasteiger partial charge on any atom is 0.237 e. The van der Waals surface area contributed by atoms with Gasteiger partial charge in [0.2, 0.25) is 5.91 Å². The number of hydrogen-bond donors (Lipinski definition) is 2. The largest absolute Gasteiger partial charge is 0.344 e. The van der Waals surface area contributed by atoms with E-state index in [9.17, 15) is 4.79 Å². The van der Waals surface area contributed by atoms with Crippen LogP contribution in [0.5, 0.6) is 0 Å². The Bertz CT molecular complexity index is 294. The molecule has 3 heteroatoms. The Morgan fingerprint density at radius 1 is 1.47 bits per heavy atom. The van der Waals surface area contributed by atoms with Crippen molar-refractivity contribution in [3.8, 4) is 12.3 Å². The Morgan fingerprint density at radius 3 is 2.59 bits per heavy atom. The third-order valence-electron chi connectivity index (χ3n) is 3.58. The SMILES string of the molecule is C#CCNC(=O)C(C)NC1CCC(C)(C)CC1. The van der Waals surface area contributed by atoms with Crippen molar-refractivity contribution in [2.75, 3.05) is 6.54 Å². The lowest BCUT2D eigenvalue weighted by Crippen LogP contribution is -2.48. The summed E-state index contributed by atoms with van der Waals surface area (Å²) in [6.45, 7) is 6.83. The van der Waals surface area contributed by atoms with Gasteiger partial charge in [-0.3, -0.25) is 4.79 Å². The average molecular weight is 236 g/mol. The second kappa shape index (κ2) is 6.07. The van der Waals surface area contributed by atoms with Gasteiger partial charge in [0.1, 0.15) is 0 Å². The molecule has 0 saturated heterocycles. The molecule has 1 aliphatic rings. The predicted octanol–water partition coefficient (Wildman–Crippen LogP) is 1.68. The number of carbonyl (C=O) groups excluding carboxylic acids is 1. The maximum atomic E-state index is 11.6. The van der Waals surface area contributed by atoms with Crippen molar-refractivity contribution in [3.63, 3.8) is 0 Å². The van der Waals surface area contributed by atoms with Gasteiger partial charge in [-0.05, 0) is 38.0 Å². The summed E-state index contributed by atoms with van der Waals surface area (Å²) in [5.74, 6) is 2.40. The van der Waals surface area contributed by atoms with Gasteiger partial charge in [-0.1, -0.05) is 19.8 Å². The number of hydrogen-bond acceptors (Lipinski definition) is 2. The quantitative estimate of drug-likeness (QED) is 0.729.